The van der Waals surface area contributed by atoms with E-state index in [1.54, 1.807) is 6.08 Å². The van der Waals surface area contributed by atoms with Crippen LogP contribution in [0.2, 0.25) is 0 Å². The Bertz CT molecular complexity index is 951. The molecule has 1 unspecified atom stereocenters. The molecule has 4 rings (SSSR count). The number of amides is 1. The van der Waals surface area contributed by atoms with E-state index < -0.39 is 10.0 Å². The first-order valence-electron chi connectivity index (χ1n) is 10.7. The monoisotopic (exact) mass is 470 g/mol. The summed E-state index contributed by atoms with van der Waals surface area (Å²) in [6, 6.07) is -0.572. The summed E-state index contributed by atoms with van der Waals surface area (Å²) in [5, 5.41) is 1.29. The number of hydrogen-bond donors (Lipinski definition) is 1. The van der Waals surface area contributed by atoms with Crippen molar-refractivity contribution in [3.8, 4) is 0 Å². The van der Waals surface area contributed by atoms with Gasteiger partial charge in [0.2, 0.25) is 10.0 Å². The Morgan fingerprint density at radius 3 is 2.53 bits per heavy atom. The van der Waals surface area contributed by atoms with E-state index in [4.69, 9.17) is 23.2 Å². The van der Waals surface area contributed by atoms with Crippen LogP contribution in [0.5, 0.6) is 0 Å². The molecule has 1 amide bonds. The molecule has 4 atom stereocenters. The van der Waals surface area contributed by atoms with Gasteiger partial charge in [0.15, 0.2) is 0 Å². The molecule has 3 aliphatic carbocycles. The molecule has 2 fully saturated rings. The highest BCUT2D eigenvalue weighted by Crippen LogP contribution is 2.43. The highest BCUT2D eigenvalue weighted by molar-refractivity contribution is 7.88. The Labute approximate surface area is 188 Å². The van der Waals surface area contributed by atoms with Crippen LogP contribution in [0, 0.1) is 5.92 Å². The molecule has 164 valence electrons. The number of carbonyl (C=O) groups is 1. The van der Waals surface area contributed by atoms with Crippen molar-refractivity contribution in [1.82, 2.24) is 9.62 Å². The molecule has 1 N–H and O–H groups in total. The first-order valence-corrected chi connectivity index (χ1v) is 13.3. The highest BCUT2D eigenvalue weighted by Gasteiger charge is 2.46. The number of nitrogens with zero attached hydrogens (tertiary/aromatic N) is 1. The Kier molecular flexibility index (Phi) is 6.50. The Balaban J connectivity index is 1.72. The maximum absolute atomic E-state index is 13.7. The Morgan fingerprint density at radius 2 is 1.80 bits per heavy atom. The van der Waals surface area contributed by atoms with Crippen molar-refractivity contribution in [3.05, 3.63) is 45.5 Å². The maximum atomic E-state index is 13.7. The molecule has 0 bridgehead atoms. The number of rotatable bonds is 4. The fourth-order valence-corrected chi connectivity index (χ4v) is 6.78. The number of hydrogen-bond acceptors (Lipinski definition) is 3. The average molecular weight is 471 g/mol. The molecule has 1 saturated heterocycles. The number of nitrogens with one attached hydrogen (secondary N) is 1. The second-order valence-electron chi connectivity index (χ2n) is 8.72. The second kappa shape index (κ2) is 8.81. The Hall–Kier alpha value is -1.08. The zero-order valence-electron chi connectivity index (χ0n) is 17.1. The van der Waals surface area contributed by atoms with E-state index >= 15 is 0 Å². The molecular weight excluding hydrogens is 443 g/mol. The van der Waals surface area contributed by atoms with Crippen LogP contribution in [-0.2, 0) is 14.8 Å². The molecule has 1 aliphatic heterocycles. The predicted molar refractivity (Wildman–Crippen MR) is 121 cm³/mol. The van der Waals surface area contributed by atoms with Crippen molar-refractivity contribution in [3.63, 3.8) is 0 Å². The fraction of sp³-hybridized carbons (Fsp3) is 0.591. The van der Waals surface area contributed by atoms with Crippen molar-refractivity contribution in [2.45, 2.75) is 69.5 Å². The van der Waals surface area contributed by atoms with Crippen LogP contribution in [0.3, 0.4) is 0 Å². The summed E-state index contributed by atoms with van der Waals surface area (Å²) in [5.41, 5.74) is 1.88. The van der Waals surface area contributed by atoms with Crippen molar-refractivity contribution >= 4 is 39.1 Å². The largest absolute Gasteiger partial charge is 0.330 e. The minimum Gasteiger partial charge on any atom is -0.330 e. The number of likely N-dealkylation sites (tertiary alicyclic amines) is 1. The minimum absolute atomic E-state index is 0.00881. The van der Waals surface area contributed by atoms with Crippen molar-refractivity contribution in [2.75, 3.05) is 6.26 Å². The third kappa shape index (κ3) is 4.57. The van der Waals surface area contributed by atoms with Gasteiger partial charge in [-0.05, 0) is 50.2 Å². The first kappa shape index (κ1) is 22.1. The first-order chi connectivity index (χ1) is 14.2. The number of halogens is 2. The van der Waals surface area contributed by atoms with Gasteiger partial charge in [-0.2, -0.15) is 0 Å². The molecule has 1 saturated carbocycles. The lowest BCUT2D eigenvalue weighted by Gasteiger charge is -2.50. The van der Waals surface area contributed by atoms with E-state index in [1.807, 2.05) is 17.1 Å². The number of fused-ring (bicyclic) bond motifs is 1. The summed E-state index contributed by atoms with van der Waals surface area (Å²) < 4.78 is 26.8. The molecule has 5 nitrogen and oxygen atoms in total. The third-order valence-corrected chi connectivity index (χ3v) is 8.00. The molecule has 30 heavy (non-hydrogen) atoms. The summed E-state index contributed by atoms with van der Waals surface area (Å²) in [6.07, 6.45) is 15.8. The molecule has 0 aromatic heterocycles. The number of allylic oxidation sites excluding steroid dienone is 5. The molecule has 0 radical (unpaired) electrons. The summed E-state index contributed by atoms with van der Waals surface area (Å²) in [5.74, 6) is -0.0298. The molecular formula is C22H28Cl2N2O3S. The van der Waals surface area contributed by atoms with E-state index in [-0.39, 0.29) is 30.0 Å². The normalized spacial score (nSPS) is 32.6. The van der Waals surface area contributed by atoms with E-state index in [2.05, 4.69) is 10.8 Å². The SMILES string of the molecule is CS(=O)(=O)N[C@H]1CCCC[C@@H]1N1C(=O)C2=CCCC=C2C[C@@H]1C1CC=C(Cl)C=C1Cl. The molecule has 4 aliphatic rings. The van der Waals surface area contributed by atoms with Crippen LogP contribution in [-0.4, -0.2) is 43.6 Å². The van der Waals surface area contributed by atoms with Gasteiger partial charge < -0.3 is 4.90 Å². The van der Waals surface area contributed by atoms with Gasteiger partial charge in [-0.1, -0.05) is 54.3 Å². The van der Waals surface area contributed by atoms with Crippen molar-refractivity contribution in [1.29, 1.82) is 0 Å². The van der Waals surface area contributed by atoms with Crippen molar-refractivity contribution < 1.29 is 13.2 Å². The molecule has 1 heterocycles. The van der Waals surface area contributed by atoms with E-state index in [1.165, 1.54) is 6.26 Å². The van der Waals surface area contributed by atoms with Gasteiger partial charge in [-0.15, -0.1) is 0 Å². The van der Waals surface area contributed by atoms with E-state index in [0.29, 0.717) is 16.5 Å². The molecule has 0 spiro atoms. The number of carbonyl (C=O) groups excluding carboxylic acids is 1. The zero-order chi connectivity index (χ0) is 21.5. The minimum atomic E-state index is -3.37. The van der Waals surface area contributed by atoms with Crippen LogP contribution in [0.25, 0.3) is 0 Å². The van der Waals surface area contributed by atoms with E-state index in [9.17, 15) is 13.2 Å². The maximum Gasteiger partial charge on any atom is 0.254 e. The summed E-state index contributed by atoms with van der Waals surface area (Å²) in [6.45, 7) is 0. The Morgan fingerprint density at radius 1 is 1.07 bits per heavy atom. The van der Waals surface area contributed by atoms with Gasteiger partial charge in [-0.25, -0.2) is 13.1 Å². The third-order valence-electron chi connectivity index (χ3n) is 6.62. The average Bonchev–Trinajstić information content (AvgIpc) is 2.68. The zero-order valence-corrected chi connectivity index (χ0v) is 19.4. The number of sulfonamides is 1. The molecule has 8 heteroatoms. The lowest BCUT2D eigenvalue weighted by Crippen LogP contribution is -2.61. The standard InChI is InChI=1S/C22H28Cl2N2O3S/c1-30(28,29)25-19-8-4-5-9-20(19)26-21(17-11-10-15(23)13-18(17)24)12-14-6-2-3-7-16(14)22(26)27/h6-7,10,13,17,19-21,25H,2-5,8-9,11-12H2,1H3/t17?,19-,20-,21+/m0/s1. The van der Waals surface area contributed by atoms with E-state index in [0.717, 1.165) is 56.1 Å². The smallest absolute Gasteiger partial charge is 0.254 e. The van der Waals surface area contributed by atoms with Crippen LogP contribution in [0.4, 0.5) is 0 Å². The van der Waals surface area contributed by atoms with Crippen LogP contribution >= 0.6 is 23.2 Å². The number of piperidine rings is 1. The quantitative estimate of drug-likeness (QED) is 0.663. The highest BCUT2D eigenvalue weighted by atomic mass is 35.5. The fourth-order valence-electron chi connectivity index (χ4n) is 5.34. The summed E-state index contributed by atoms with van der Waals surface area (Å²) in [4.78, 5) is 15.7. The summed E-state index contributed by atoms with van der Waals surface area (Å²) >= 11 is 12.8. The van der Waals surface area contributed by atoms with Gasteiger partial charge in [-0.3, -0.25) is 4.79 Å². The van der Waals surface area contributed by atoms with Crippen LogP contribution in [0.15, 0.2) is 45.5 Å². The van der Waals surface area contributed by atoms with Crippen LogP contribution in [0.1, 0.15) is 51.4 Å². The van der Waals surface area contributed by atoms with Gasteiger partial charge in [0, 0.05) is 39.7 Å². The predicted octanol–water partition coefficient (Wildman–Crippen LogP) is 4.36. The van der Waals surface area contributed by atoms with Gasteiger partial charge in [0.25, 0.3) is 5.91 Å². The summed E-state index contributed by atoms with van der Waals surface area (Å²) in [7, 11) is -3.37. The van der Waals surface area contributed by atoms with Crippen molar-refractivity contribution in [2.24, 2.45) is 5.92 Å². The molecule has 0 aromatic rings. The molecule has 0 aromatic carbocycles. The second-order valence-corrected chi connectivity index (χ2v) is 11.4. The van der Waals surface area contributed by atoms with Gasteiger partial charge >= 0.3 is 0 Å². The van der Waals surface area contributed by atoms with Gasteiger partial charge in [0.1, 0.15) is 0 Å². The lowest BCUT2D eigenvalue weighted by molar-refractivity contribution is -0.135. The topological polar surface area (TPSA) is 66.5 Å². The van der Waals surface area contributed by atoms with Gasteiger partial charge in [0.05, 0.1) is 6.26 Å². The lowest BCUT2D eigenvalue weighted by atomic mass is 9.77. The van der Waals surface area contributed by atoms with Crippen LogP contribution < -0.4 is 4.72 Å².